The van der Waals surface area contributed by atoms with E-state index >= 15 is 0 Å². The topological polar surface area (TPSA) is 56.7 Å². The lowest BCUT2D eigenvalue weighted by molar-refractivity contribution is 0.624. The van der Waals surface area contributed by atoms with Gasteiger partial charge < -0.3 is 5.73 Å². The molecule has 3 rings (SSSR count). The summed E-state index contributed by atoms with van der Waals surface area (Å²) in [7, 11) is 0. The Bertz CT molecular complexity index is 706. The number of nitrogens with zero attached hydrogens (tertiary/aromatic N) is 3. The van der Waals surface area contributed by atoms with E-state index in [-0.39, 0.29) is 5.82 Å². The van der Waals surface area contributed by atoms with Gasteiger partial charge in [-0.3, -0.25) is 0 Å². The molecule has 102 valence electrons. The van der Waals surface area contributed by atoms with E-state index in [2.05, 4.69) is 10.3 Å². The van der Waals surface area contributed by atoms with E-state index < -0.39 is 0 Å². The van der Waals surface area contributed by atoms with Crippen molar-refractivity contribution in [3.05, 3.63) is 63.9 Å². The van der Waals surface area contributed by atoms with Crippen molar-refractivity contribution in [3.63, 3.8) is 0 Å². The van der Waals surface area contributed by atoms with Crippen LogP contribution in [0.5, 0.6) is 0 Å². The molecule has 0 fully saturated rings. The molecule has 0 aliphatic heterocycles. The average Bonchev–Trinajstić information content (AvgIpc) is 3.08. The van der Waals surface area contributed by atoms with Gasteiger partial charge in [-0.25, -0.2) is 9.07 Å². The first-order valence-electron chi connectivity index (χ1n) is 6.20. The van der Waals surface area contributed by atoms with Crippen LogP contribution in [0.25, 0.3) is 5.69 Å². The van der Waals surface area contributed by atoms with E-state index in [1.165, 1.54) is 17.0 Å². The molecule has 20 heavy (non-hydrogen) atoms. The normalized spacial score (nSPS) is 10.9. The molecule has 3 aromatic rings. The first-order chi connectivity index (χ1) is 9.78. The first-order valence-corrected chi connectivity index (χ1v) is 7.07. The van der Waals surface area contributed by atoms with Crippen molar-refractivity contribution in [2.45, 2.75) is 13.0 Å². The van der Waals surface area contributed by atoms with Crippen LogP contribution in [-0.2, 0) is 13.0 Å². The van der Waals surface area contributed by atoms with Crippen LogP contribution in [-0.4, -0.2) is 15.0 Å². The summed E-state index contributed by atoms with van der Waals surface area (Å²) in [5.41, 5.74) is 8.01. The fourth-order valence-electron chi connectivity index (χ4n) is 2.06. The molecule has 0 aliphatic rings. The van der Waals surface area contributed by atoms with Gasteiger partial charge in [0.2, 0.25) is 0 Å². The maximum Gasteiger partial charge on any atom is 0.125 e. The van der Waals surface area contributed by atoms with Crippen LogP contribution in [0.4, 0.5) is 4.39 Å². The molecule has 0 amide bonds. The van der Waals surface area contributed by atoms with E-state index in [1.54, 1.807) is 28.2 Å². The van der Waals surface area contributed by atoms with Gasteiger partial charge in [0.15, 0.2) is 0 Å². The molecule has 6 heteroatoms. The van der Waals surface area contributed by atoms with Crippen LogP contribution in [0.2, 0.25) is 0 Å². The largest absolute Gasteiger partial charge is 0.325 e. The summed E-state index contributed by atoms with van der Waals surface area (Å²) in [6.45, 7) is 0.316. The molecule has 0 aliphatic carbocycles. The molecule has 0 atom stereocenters. The van der Waals surface area contributed by atoms with Crippen LogP contribution in [0.1, 0.15) is 16.3 Å². The predicted molar refractivity (Wildman–Crippen MR) is 76.3 cm³/mol. The Morgan fingerprint density at radius 2 is 2.15 bits per heavy atom. The summed E-state index contributed by atoms with van der Waals surface area (Å²) in [6.07, 6.45) is 0.688. The molecule has 4 nitrogen and oxygen atoms in total. The molecule has 0 bridgehead atoms. The Balaban J connectivity index is 2.05. The van der Waals surface area contributed by atoms with Crippen molar-refractivity contribution in [2.24, 2.45) is 5.73 Å². The maximum atomic E-state index is 13.4. The second-order valence-corrected chi connectivity index (χ2v) is 5.37. The van der Waals surface area contributed by atoms with Gasteiger partial charge in [0.1, 0.15) is 11.5 Å². The Hall–Kier alpha value is -2.05. The molecule has 2 N–H and O–H groups in total. The molecular formula is C14H13FN4S. The molecule has 1 aromatic carbocycles. The summed E-state index contributed by atoms with van der Waals surface area (Å²) in [6, 6.07) is 10.3. The summed E-state index contributed by atoms with van der Waals surface area (Å²) in [5.74, 6) is -0.297. The SMILES string of the molecule is NCc1nnn(-c2cccc(F)c2)c1Cc1cccs1. The van der Waals surface area contributed by atoms with Crippen LogP contribution >= 0.6 is 11.3 Å². The quantitative estimate of drug-likeness (QED) is 0.802. The van der Waals surface area contributed by atoms with Gasteiger partial charge in [-0.05, 0) is 29.6 Å². The minimum absolute atomic E-state index is 0.297. The van der Waals surface area contributed by atoms with Gasteiger partial charge in [0.25, 0.3) is 0 Å². The molecule has 0 saturated heterocycles. The van der Waals surface area contributed by atoms with Crippen molar-refractivity contribution in [1.29, 1.82) is 0 Å². The summed E-state index contributed by atoms with van der Waals surface area (Å²) in [5, 5.41) is 10.2. The van der Waals surface area contributed by atoms with E-state index in [4.69, 9.17) is 5.73 Å². The predicted octanol–water partition coefficient (Wildman–Crippen LogP) is 2.52. The summed E-state index contributed by atoms with van der Waals surface area (Å²) >= 11 is 1.66. The zero-order valence-corrected chi connectivity index (χ0v) is 11.5. The number of thiophene rings is 1. The highest BCUT2D eigenvalue weighted by atomic mass is 32.1. The average molecular weight is 288 g/mol. The minimum Gasteiger partial charge on any atom is -0.325 e. The third kappa shape index (κ3) is 2.48. The lowest BCUT2D eigenvalue weighted by atomic mass is 10.2. The van der Waals surface area contributed by atoms with Crippen LogP contribution in [0.3, 0.4) is 0 Å². The van der Waals surface area contributed by atoms with Crippen LogP contribution in [0.15, 0.2) is 41.8 Å². The molecule has 0 radical (unpaired) electrons. The van der Waals surface area contributed by atoms with Gasteiger partial charge in [0.05, 0.1) is 11.4 Å². The van der Waals surface area contributed by atoms with Crippen molar-refractivity contribution >= 4 is 11.3 Å². The molecule has 0 saturated carbocycles. The van der Waals surface area contributed by atoms with E-state index in [1.807, 2.05) is 17.5 Å². The van der Waals surface area contributed by atoms with Crippen molar-refractivity contribution < 1.29 is 4.39 Å². The Kier molecular flexibility index (Phi) is 3.58. The van der Waals surface area contributed by atoms with Gasteiger partial charge >= 0.3 is 0 Å². The lowest BCUT2D eigenvalue weighted by Crippen LogP contribution is -2.06. The van der Waals surface area contributed by atoms with Crippen LogP contribution in [0, 0.1) is 5.82 Å². The zero-order chi connectivity index (χ0) is 13.9. The molecule has 0 unspecified atom stereocenters. The number of halogens is 1. The Morgan fingerprint density at radius 1 is 1.25 bits per heavy atom. The van der Waals surface area contributed by atoms with E-state index in [0.717, 1.165) is 11.4 Å². The highest BCUT2D eigenvalue weighted by Crippen LogP contribution is 2.20. The first kappa shape index (κ1) is 13.0. The van der Waals surface area contributed by atoms with Gasteiger partial charge in [-0.1, -0.05) is 17.3 Å². The highest BCUT2D eigenvalue weighted by molar-refractivity contribution is 7.09. The number of hydrogen-bond acceptors (Lipinski definition) is 4. The highest BCUT2D eigenvalue weighted by Gasteiger charge is 2.14. The smallest absolute Gasteiger partial charge is 0.125 e. The standard InChI is InChI=1S/C14H13FN4S/c15-10-3-1-4-11(7-10)19-14(13(9-16)17-18-19)8-12-5-2-6-20-12/h1-7H,8-9,16H2. The molecule has 0 spiro atoms. The van der Waals surface area contributed by atoms with Gasteiger partial charge in [-0.2, -0.15) is 0 Å². The minimum atomic E-state index is -0.297. The number of rotatable bonds is 4. The molecular weight excluding hydrogens is 275 g/mol. The maximum absolute atomic E-state index is 13.4. The van der Waals surface area contributed by atoms with Crippen molar-refractivity contribution in [3.8, 4) is 5.69 Å². The van der Waals surface area contributed by atoms with E-state index in [9.17, 15) is 4.39 Å². The number of nitrogens with two attached hydrogens (primary N) is 1. The monoisotopic (exact) mass is 288 g/mol. The Morgan fingerprint density at radius 3 is 2.85 bits per heavy atom. The summed E-state index contributed by atoms with van der Waals surface area (Å²) < 4.78 is 15.0. The Labute approximate surface area is 119 Å². The summed E-state index contributed by atoms with van der Waals surface area (Å²) in [4.78, 5) is 1.19. The molecule has 2 aromatic heterocycles. The molecule has 2 heterocycles. The van der Waals surface area contributed by atoms with Gasteiger partial charge in [0, 0.05) is 17.8 Å². The fourth-order valence-corrected chi connectivity index (χ4v) is 2.77. The second-order valence-electron chi connectivity index (χ2n) is 4.33. The van der Waals surface area contributed by atoms with Crippen LogP contribution < -0.4 is 5.73 Å². The third-order valence-corrected chi connectivity index (χ3v) is 3.89. The van der Waals surface area contributed by atoms with E-state index in [0.29, 0.717) is 18.7 Å². The van der Waals surface area contributed by atoms with Crippen molar-refractivity contribution in [1.82, 2.24) is 15.0 Å². The fraction of sp³-hybridized carbons (Fsp3) is 0.143. The number of aromatic nitrogens is 3. The second kappa shape index (κ2) is 5.52. The third-order valence-electron chi connectivity index (χ3n) is 3.01. The van der Waals surface area contributed by atoms with Crippen molar-refractivity contribution in [2.75, 3.05) is 0 Å². The zero-order valence-electron chi connectivity index (χ0n) is 10.7. The lowest BCUT2D eigenvalue weighted by Gasteiger charge is -2.07. The number of hydrogen-bond donors (Lipinski definition) is 1. The number of benzene rings is 1. The van der Waals surface area contributed by atoms with Gasteiger partial charge in [-0.15, -0.1) is 16.4 Å².